The van der Waals surface area contributed by atoms with E-state index in [4.69, 9.17) is 0 Å². The van der Waals surface area contributed by atoms with Crippen molar-refractivity contribution in [3.05, 3.63) is 0 Å². The highest BCUT2D eigenvalue weighted by atomic mass is 16.2. The largest absolute Gasteiger partial charge is 0.340 e. The maximum atomic E-state index is 10.7. The molecular formula is C8H15N3O. The highest BCUT2D eigenvalue weighted by molar-refractivity contribution is 5.93. The molecule has 2 atom stereocenters. The van der Waals surface area contributed by atoms with E-state index in [9.17, 15) is 4.79 Å². The van der Waals surface area contributed by atoms with Crippen LogP contribution in [0.4, 0.5) is 4.79 Å². The minimum absolute atomic E-state index is 0.255. The van der Waals surface area contributed by atoms with Crippen molar-refractivity contribution < 1.29 is 4.79 Å². The summed E-state index contributed by atoms with van der Waals surface area (Å²) >= 11 is 0. The fourth-order valence-electron chi connectivity index (χ4n) is 1.19. The van der Waals surface area contributed by atoms with Crippen LogP contribution in [0.25, 0.3) is 0 Å². The van der Waals surface area contributed by atoms with Crippen molar-refractivity contribution in [2.24, 2.45) is 16.9 Å². The highest BCUT2D eigenvalue weighted by Gasteiger charge is 2.30. The van der Waals surface area contributed by atoms with Gasteiger partial charge >= 0.3 is 6.03 Å². The second kappa shape index (κ2) is 3.56. The molecule has 1 aliphatic carbocycles. The van der Waals surface area contributed by atoms with Crippen LogP contribution in [0.15, 0.2) is 5.10 Å². The molecule has 2 unspecified atom stereocenters. The maximum Gasteiger partial charge on any atom is 0.334 e. The van der Waals surface area contributed by atoms with Gasteiger partial charge in [-0.2, -0.15) is 5.10 Å². The monoisotopic (exact) mass is 169 g/mol. The lowest BCUT2D eigenvalue weighted by molar-refractivity contribution is 0.243. The Kier molecular flexibility index (Phi) is 2.68. The standard InChI is InChI=1S/C8H15N3O/c1-5-4-7(6(5)2)10-11-8(12)9-3/h5-6H,4H2,1-3H3,(H2,9,11,12)/b10-7-. The Hall–Kier alpha value is -1.06. The first kappa shape index (κ1) is 9.03. The third kappa shape index (κ3) is 1.75. The summed E-state index contributed by atoms with van der Waals surface area (Å²) in [4.78, 5) is 10.7. The number of nitrogens with one attached hydrogen (secondary N) is 2. The Labute approximate surface area is 72.4 Å². The van der Waals surface area contributed by atoms with Gasteiger partial charge in [0.2, 0.25) is 0 Å². The van der Waals surface area contributed by atoms with Crippen molar-refractivity contribution in [1.82, 2.24) is 10.7 Å². The van der Waals surface area contributed by atoms with E-state index < -0.39 is 0 Å². The summed E-state index contributed by atoms with van der Waals surface area (Å²) in [6.45, 7) is 4.31. The van der Waals surface area contributed by atoms with Crippen LogP contribution in [0.1, 0.15) is 20.3 Å². The molecule has 1 fully saturated rings. The molecule has 0 aliphatic heterocycles. The Morgan fingerprint density at radius 2 is 2.25 bits per heavy atom. The lowest BCUT2D eigenvalue weighted by atomic mass is 9.74. The van der Waals surface area contributed by atoms with E-state index in [-0.39, 0.29) is 6.03 Å². The van der Waals surface area contributed by atoms with Crippen LogP contribution >= 0.6 is 0 Å². The van der Waals surface area contributed by atoms with E-state index in [0.717, 1.165) is 12.1 Å². The first-order valence-corrected chi connectivity index (χ1v) is 4.19. The summed E-state index contributed by atoms with van der Waals surface area (Å²) in [7, 11) is 1.57. The molecule has 1 aliphatic rings. The summed E-state index contributed by atoms with van der Waals surface area (Å²) in [5.74, 6) is 1.22. The van der Waals surface area contributed by atoms with Gasteiger partial charge in [-0.1, -0.05) is 13.8 Å². The van der Waals surface area contributed by atoms with Crippen molar-refractivity contribution in [3.63, 3.8) is 0 Å². The fourth-order valence-corrected chi connectivity index (χ4v) is 1.19. The average molecular weight is 169 g/mol. The smallest absolute Gasteiger partial charge is 0.334 e. The fraction of sp³-hybridized carbons (Fsp3) is 0.750. The Bertz CT molecular complexity index is 212. The summed E-state index contributed by atoms with van der Waals surface area (Å²) < 4.78 is 0. The van der Waals surface area contributed by atoms with Crippen LogP contribution in [0.5, 0.6) is 0 Å². The van der Waals surface area contributed by atoms with Gasteiger partial charge in [-0.3, -0.25) is 0 Å². The third-order valence-electron chi connectivity index (χ3n) is 2.44. The van der Waals surface area contributed by atoms with Gasteiger partial charge in [-0.05, 0) is 18.3 Å². The van der Waals surface area contributed by atoms with Crippen molar-refractivity contribution in [2.45, 2.75) is 20.3 Å². The Morgan fingerprint density at radius 1 is 1.58 bits per heavy atom. The van der Waals surface area contributed by atoms with Gasteiger partial charge in [0.05, 0.1) is 0 Å². The number of carbonyl (C=O) groups excluding carboxylic acids is 1. The van der Waals surface area contributed by atoms with Crippen molar-refractivity contribution >= 4 is 11.7 Å². The zero-order chi connectivity index (χ0) is 9.14. The van der Waals surface area contributed by atoms with Gasteiger partial charge in [-0.15, -0.1) is 0 Å². The molecule has 12 heavy (non-hydrogen) atoms. The molecule has 0 bridgehead atoms. The van der Waals surface area contributed by atoms with E-state index in [1.165, 1.54) is 0 Å². The van der Waals surface area contributed by atoms with Gasteiger partial charge in [0.25, 0.3) is 0 Å². The van der Waals surface area contributed by atoms with Gasteiger partial charge in [0.1, 0.15) is 0 Å². The predicted octanol–water partition coefficient (Wildman–Crippen LogP) is 0.947. The zero-order valence-electron chi connectivity index (χ0n) is 7.72. The Morgan fingerprint density at radius 3 is 2.67 bits per heavy atom. The van der Waals surface area contributed by atoms with Crippen molar-refractivity contribution in [3.8, 4) is 0 Å². The SMILES string of the molecule is CNC(=O)N/N=C1/CC(C)C1C. The van der Waals surface area contributed by atoms with E-state index in [1.807, 2.05) is 0 Å². The lowest BCUT2D eigenvalue weighted by Crippen LogP contribution is -2.37. The number of amides is 2. The first-order chi connectivity index (χ1) is 5.65. The van der Waals surface area contributed by atoms with Gasteiger partial charge < -0.3 is 5.32 Å². The zero-order valence-corrected chi connectivity index (χ0v) is 7.72. The number of hydrogen-bond acceptors (Lipinski definition) is 2. The minimum Gasteiger partial charge on any atom is -0.340 e. The van der Waals surface area contributed by atoms with Crippen LogP contribution in [0.2, 0.25) is 0 Å². The molecule has 0 spiro atoms. The van der Waals surface area contributed by atoms with Crippen LogP contribution < -0.4 is 10.7 Å². The number of carbonyl (C=O) groups is 1. The average Bonchev–Trinajstić information content (AvgIpc) is 2.10. The lowest BCUT2D eigenvalue weighted by Gasteiger charge is -2.32. The molecule has 2 N–H and O–H groups in total. The van der Waals surface area contributed by atoms with Gasteiger partial charge in [-0.25, -0.2) is 10.2 Å². The topological polar surface area (TPSA) is 53.5 Å². The summed E-state index contributed by atoms with van der Waals surface area (Å²) in [5, 5.41) is 6.42. The highest BCUT2D eigenvalue weighted by Crippen LogP contribution is 2.30. The summed E-state index contributed by atoms with van der Waals surface area (Å²) in [5.41, 5.74) is 3.51. The molecule has 4 heteroatoms. The molecule has 0 radical (unpaired) electrons. The van der Waals surface area contributed by atoms with Crippen molar-refractivity contribution in [2.75, 3.05) is 7.05 Å². The molecule has 4 nitrogen and oxygen atoms in total. The van der Waals surface area contributed by atoms with Gasteiger partial charge in [0, 0.05) is 12.8 Å². The number of urea groups is 1. The molecule has 1 rings (SSSR count). The summed E-state index contributed by atoms with van der Waals surface area (Å²) in [6.07, 6.45) is 1.01. The second-order valence-corrected chi connectivity index (χ2v) is 3.26. The van der Waals surface area contributed by atoms with Gasteiger partial charge in [0.15, 0.2) is 0 Å². The number of rotatable bonds is 1. The van der Waals surface area contributed by atoms with E-state index in [1.54, 1.807) is 7.05 Å². The van der Waals surface area contributed by atoms with Crippen molar-refractivity contribution in [1.29, 1.82) is 0 Å². The second-order valence-electron chi connectivity index (χ2n) is 3.26. The quantitative estimate of drug-likeness (QED) is 0.564. The first-order valence-electron chi connectivity index (χ1n) is 4.19. The van der Waals surface area contributed by atoms with Crippen LogP contribution in [-0.4, -0.2) is 18.8 Å². The number of hydrazone groups is 1. The maximum absolute atomic E-state index is 10.7. The molecule has 0 aromatic heterocycles. The molecule has 0 saturated heterocycles. The molecular weight excluding hydrogens is 154 g/mol. The normalized spacial score (nSPS) is 31.1. The van der Waals surface area contributed by atoms with E-state index in [0.29, 0.717) is 11.8 Å². The molecule has 68 valence electrons. The van der Waals surface area contributed by atoms with E-state index in [2.05, 4.69) is 29.7 Å². The summed E-state index contributed by atoms with van der Waals surface area (Å²) in [6, 6.07) is -0.255. The molecule has 0 aromatic carbocycles. The van der Waals surface area contributed by atoms with Crippen LogP contribution in [0.3, 0.4) is 0 Å². The molecule has 1 saturated carbocycles. The van der Waals surface area contributed by atoms with Crippen LogP contribution in [-0.2, 0) is 0 Å². The number of hydrogen-bond donors (Lipinski definition) is 2. The molecule has 0 aromatic rings. The van der Waals surface area contributed by atoms with Crippen LogP contribution in [0, 0.1) is 11.8 Å². The molecule has 0 heterocycles. The third-order valence-corrected chi connectivity index (χ3v) is 2.44. The Balaban J connectivity index is 2.34. The minimum atomic E-state index is -0.255. The number of nitrogens with zero attached hydrogens (tertiary/aromatic N) is 1. The predicted molar refractivity (Wildman–Crippen MR) is 48.0 cm³/mol. The van der Waals surface area contributed by atoms with E-state index >= 15 is 0 Å². The molecule has 2 amide bonds.